The van der Waals surface area contributed by atoms with Crippen molar-refractivity contribution in [1.82, 2.24) is 14.3 Å². The molecule has 5 rings (SSSR count). The molecule has 1 fully saturated rings. The third-order valence-electron chi connectivity index (χ3n) is 6.11. The number of carbonyl (C=O) groups is 2. The third-order valence-corrected chi connectivity index (χ3v) is 6.11. The normalized spacial score (nSPS) is 16.0. The van der Waals surface area contributed by atoms with Crippen molar-refractivity contribution in [2.45, 2.75) is 19.8 Å². The molecule has 33 heavy (non-hydrogen) atoms. The van der Waals surface area contributed by atoms with E-state index in [1.54, 1.807) is 23.2 Å². The minimum absolute atomic E-state index is 0.0598. The van der Waals surface area contributed by atoms with Gasteiger partial charge in [0.25, 0.3) is 5.91 Å². The minimum Gasteiger partial charge on any atom is -0.457 e. The zero-order valence-electron chi connectivity index (χ0n) is 18.5. The number of amides is 1. The number of pyridine rings is 1. The number of nitrogens with zero attached hydrogens (tertiary/aromatic N) is 3. The molecule has 2 aromatic carbocycles. The molecule has 1 aliphatic rings. The van der Waals surface area contributed by atoms with Gasteiger partial charge in [0.15, 0.2) is 5.78 Å². The maximum Gasteiger partial charge on any atom is 0.274 e. The molecule has 4 aromatic rings. The third kappa shape index (κ3) is 4.37. The Labute approximate surface area is 192 Å². The Bertz CT molecular complexity index is 1300. The van der Waals surface area contributed by atoms with Crippen LogP contribution in [0.2, 0.25) is 0 Å². The number of para-hydroxylation sites is 1. The maximum absolute atomic E-state index is 13.2. The summed E-state index contributed by atoms with van der Waals surface area (Å²) >= 11 is 0. The molecule has 0 N–H and O–H groups in total. The van der Waals surface area contributed by atoms with Gasteiger partial charge in [0.05, 0.1) is 0 Å². The number of hydrogen-bond acceptors (Lipinski definition) is 4. The summed E-state index contributed by atoms with van der Waals surface area (Å²) in [7, 11) is 0. The van der Waals surface area contributed by atoms with Crippen molar-refractivity contribution in [3.05, 3.63) is 95.9 Å². The molecule has 166 valence electrons. The molecule has 0 spiro atoms. The fraction of sp³-hybridized carbons (Fsp3) is 0.222. The van der Waals surface area contributed by atoms with E-state index in [2.05, 4.69) is 4.98 Å². The summed E-state index contributed by atoms with van der Waals surface area (Å²) in [6.07, 6.45) is 3.35. The van der Waals surface area contributed by atoms with Gasteiger partial charge in [-0.05, 0) is 68.3 Å². The number of likely N-dealkylation sites (tertiary alicyclic amines) is 1. The lowest BCUT2D eigenvalue weighted by Crippen LogP contribution is -2.42. The van der Waals surface area contributed by atoms with Crippen LogP contribution >= 0.6 is 0 Å². The van der Waals surface area contributed by atoms with Crippen LogP contribution in [0.4, 0.5) is 0 Å². The molecule has 0 saturated carbocycles. The first kappa shape index (κ1) is 20.9. The van der Waals surface area contributed by atoms with E-state index >= 15 is 0 Å². The van der Waals surface area contributed by atoms with Gasteiger partial charge in [-0.1, -0.05) is 24.3 Å². The molecule has 3 heterocycles. The number of imidazole rings is 1. The quantitative estimate of drug-likeness (QED) is 0.403. The summed E-state index contributed by atoms with van der Waals surface area (Å²) in [6.45, 7) is 3.03. The van der Waals surface area contributed by atoms with Gasteiger partial charge in [0.1, 0.15) is 22.8 Å². The molecule has 0 aliphatic carbocycles. The summed E-state index contributed by atoms with van der Waals surface area (Å²) in [5.41, 5.74) is 2.82. The number of ether oxygens (including phenoxy) is 1. The number of ketones is 1. The molecular formula is C27H25N3O3. The van der Waals surface area contributed by atoms with Crippen LogP contribution in [0.25, 0.3) is 5.65 Å². The van der Waals surface area contributed by atoms with Crippen LogP contribution in [0.3, 0.4) is 0 Å². The van der Waals surface area contributed by atoms with Crippen molar-refractivity contribution in [3.63, 3.8) is 0 Å². The number of Topliss-reactive ketones (excluding diaryl/α,β-unsaturated/α-hetero) is 1. The Morgan fingerprint density at radius 1 is 0.939 bits per heavy atom. The summed E-state index contributed by atoms with van der Waals surface area (Å²) in [5.74, 6) is 1.15. The number of benzene rings is 2. The van der Waals surface area contributed by atoms with Crippen LogP contribution in [-0.4, -0.2) is 39.1 Å². The number of piperidine rings is 1. The molecule has 0 bridgehead atoms. The van der Waals surface area contributed by atoms with Crippen molar-refractivity contribution >= 4 is 17.3 Å². The Morgan fingerprint density at radius 3 is 2.45 bits per heavy atom. The van der Waals surface area contributed by atoms with E-state index in [0.717, 1.165) is 29.9 Å². The second kappa shape index (κ2) is 8.90. The van der Waals surface area contributed by atoms with Crippen LogP contribution < -0.4 is 4.74 Å². The van der Waals surface area contributed by atoms with Gasteiger partial charge in [-0.15, -0.1) is 0 Å². The molecule has 1 amide bonds. The lowest BCUT2D eigenvalue weighted by molar-refractivity contribution is 0.0632. The number of fused-ring (bicyclic) bond motifs is 1. The van der Waals surface area contributed by atoms with E-state index in [4.69, 9.17) is 4.74 Å². The summed E-state index contributed by atoms with van der Waals surface area (Å²) in [6, 6.07) is 22.5. The number of rotatable bonds is 5. The van der Waals surface area contributed by atoms with Crippen molar-refractivity contribution in [3.8, 4) is 11.5 Å². The van der Waals surface area contributed by atoms with E-state index in [-0.39, 0.29) is 17.6 Å². The van der Waals surface area contributed by atoms with Gasteiger partial charge >= 0.3 is 0 Å². The monoisotopic (exact) mass is 439 g/mol. The smallest absolute Gasteiger partial charge is 0.274 e. The first-order chi connectivity index (χ1) is 16.1. The molecule has 2 aromatic heterocycles. The highest BCUT2D eigenvalue weighted by atomic mass is 16.5. The molecule has 0 radical (unpaired) electrons. The lowest BCUT2D eigenvalue weighted by atomic mass is 9.90. The fourth-order valence-electron chi connectivity index (χ4n) is 4.34. The van der Waals surface area contributed by atoms with Crippen molar-refractivity contribution < 1.29 is 14.3 Å². The summed E-state index contributed by atoms with van der Waals surface area (Å²) < 4.78 is 7.73. The van der Waals surface area contributed by atoms with E-state index in [1.165, 1.54) is 0 Å². The number of carbonyl (C=O) groups excluding carboxylic acids is 2. The van der Waals surface area contributed by atoms with Gasteiger partial charge in [-0.2, -0.15) is 0 Å². The van der Waals surface area contributed by atoms with Crippen molar-refractivity contribution in [2.24, 2.45) is 5.92 Å². The van der Waals surface area contributed by atoms with Crippen LogP contribution in [0.5, 0.6) is 11.5 Å². The average Bonchev–Trinajstić information content (AvgIpc) is 3.30. The van der Waals surface area contributed by atoms with Crippen molar-refractivity contribution in [1.29, 1.82) is 0 Å². The Hall–Kier alpha value is -3.93. The van der Waals surface area contributed by atoms with Gasteiger partial charge in [0, 0.05) is 36.5 Å². The second-order valence-corrected chi connectivity index (χ2v) is 8.42. The van der Waals surface area contributed by atoms with E-state index < -0.39 is 0 Å². The topological polar surface area (TPSA) is 63.9 Å². The first-order valence-electron chi connectivity index (χ1n) is 11.2. The predicted octanol–water partition coefficient (Wildman–Crippen LogP) is 5.17. The van der Waals surface area contributed by atoms with Crippen LogP contribution in [0.1, 0.15) is 39.4 Å². The Balaban J connectivity index is 1.27. The minimum atomic E-state index is -0.220. The first-order valence-corrected chi connectivity index (χ1v) is 11.2. The lowest BCUT2D eigenvalue weighted by Gasteiger charge is -2.31. The van der Waals surface area contributed by atoms with Crippen LogP contribution in [0.15, 0.2) is 79.0 Å². The molecule has 0 unspecified atom stereocenters. The maximum atomic E-state index is 13.2. The van der Waals surface area contributed by atoms with E-state index in [1.807, 2.05) is 72.0 Å². The highest BCUT2D eigenvalue weighted by Gasteiger charge is 2.30. The van der Waals surface area contributed by atoms with Crippen LogP contribution in [0, 0.1) is 12.8 Å². The second-order valence-electron chi connectivity index (χ2n) is 8.42. The van der Waals surface area contributed by atoms with Gasteiger partial charge in [-0.3, -0.25) is 9.59 Å². The Morgan fingerprint density at radius 2 is 1.70 bits per heavy atom. The SMILES string of the molecule is Cc1cccc2nc(C(=O)N3CCC[C@H](C(=O)c4ccc(Oc5ccccc5)cc4)C3)cn12. The highest BCUT2D eigenvalue weighted by Crippen LogP contribution is 2.25. The highest BCUT2D eigenvalue weighted by molar-refractivity contribution is 5.99. The average molecular weight is 440 g/mol. The predicted molar refractivity (Wildman–Crippen MR) is 126 cm³/mol. The Kier molecular flexibility index (Phi) is 5.65. The van der Waals surface area contributed by atoms with Crippen molar-refractivity contribution in [2.75, 3.05) is 13.1 Å². The number of aromatic nitrogens is 2. The molecular weight excluding hydrogens is 414 g/mol. The fourth-order valence-corrected chi connectivity index (χ4v) is 4.34. The molecule has 1 saturated heterocycles. The van der Waals surface area contributed by atoms with E-state index in [9.17, 15) is 9.59 Å². The molecule has 6 heteroatoms. The largest absolute Gasteiger partial charge is 0.457 e. The molecule has 6 nitrogen and oxygen atoms in total. The molecule has 1 aliphatic heterocycles. The van der Waals surface area contributed by atoms with Gasteiger partial charge < -0.3 is 14.0 Å². The standard InChI is InChI=1S/C27H25N3O3/c1-19-7-5-11-25-28-24(18-30(19)25)27(32)29-16-6-8-21(17-29)26(31)20-12-14-23(15-13-20)33-22-9-3-2-4-10-22/h2-5,7,9-15,18,21H,6,8,16-17H2,1H3/t21-/m0/s1. The number of aryl methyl sites for hydroxylation is 1. The zero-order valence-corrected chi connectivity index (χ0v) is 18.5. The summed E-state index contributed by atoms with van der Waals surface area (Å²) in [4.78, 5) is 32.5. The molecule has 1 atom stereocenters. The van der Waals surface area contributed by atoms with Gasteiger partial charge in [-0.25, -0.2) is 4.98 Å². The number of hydrogen-bond donors (Lipinski definition) is 0. The zero-order chi connectivity index (χ0) is 22.8. The van der Waals surface area contributed by atoms with E-state index in [0.29, 0.717) is 30.1 Å². The van der Waals surface area contributed by atoms with Crippen LogP contribution in [-0.2, 0) is 0 Å². The summed E-state index contributed by atoms with van der Waals surface area (Å²) in [5, 5.41) is 0. The van der Waals surface area contributed by atoms with Gasteiger partial charge in [0.2, 0.25) is 0 Å².